The molecule has 0 unspecified atom stereocenters. The molecule has 1 heterocycles. The van der Waals surface area contributed by atoms with Crippen molar-refractivity contribution in [1.29, 1.82) is 0 Å². The van der Waals surface area contributed by atoms with Crippen LogP contribution in [0.25, 0.3) is 0 Å². The fourth-order valence-electron chi connectivity index (χ4n) is 5.37. The molecule has 32 heavy (non-hydrogen) atoms. The Bertz CT molecular complexity index is 1080. The molecule has 0 bridgehead atoms. The van der Waals surface area contributed by atoms with E-state index in [2.05, 4.69) is 21.6 Å². The number of benzene rings is 1. The highest BCUT2D eigenvalue weighted by atomic mass is 35.5. The van der Waals surface area contributed by atoms with E-state index in [1.165, 1.54) is 5.56 Å². The summed E-state index contributed by atoms with van der Waals surface area (Å²) in [7, 11) is 0. The summed E-state index contributed by atoms with van der Waals surface area (Å²) in [6.07, 6.45) is 9.43. The Morgan fingerprint density at radius 2 is 2.19 bits per heavy atom. The smallest absolute Gasteiger partial charge is 0.243 e. The lowest BCUT2D eigenvalue weighted by Crippen LogP contribution is -2.49. The van der Waals surface area contributed by atoms with Crippen molar-refractivity contribution < 1.29 is 15.0 Å². The highest BCUT2D eigenvalue weighted by Gasteiger charge is 2.50. The first-order valence-corrected chi connectivity index (χ1v) is 11.3. The summed E-state index contributed by atoms with van der Waals surface area (Å²) in [4.78, 5) is 16.6. The zero-order chi connectivity index (χ0) is 22.6. The number of nitrogens with zero attached hydrogens (tertiary/aromatic N) is 1. The highest BCUT2D eigenvalue weighted by molar-refractivity contribution is 6.30. The molecule has 0 saturated heterocycles. The van der Waals surface area contributed by atoms with Crippen molar-refractivity contribution in [1.82, 2.24) is 10.3 Å². The summed E-state index contributed by atoms with van der Waals surface area (Å²) in [6, 6.07) is 11.2. The van der Waals surface area contributed by atoms with Crippen LogP contribution in [0.4, 0.5) is 0 Å². The van der Waals surface area contributed by atoms with E-state index in [4.69, 9.17) is 11.6 Å². The number of fused-ring (bicyclic) bond motifs is 3. The molecule has 0 aliphatic heterocycles. The zero-order valence-electron chi connectivity index (χ0n) is 17.9. The summed E-state index contributed by atoms with van der Waals surface area (Å²) in [5.74, 6) is 3.10. The second kappa shape index (κ2) is 9.36. The van der Waals surface area contributed by atoms with Crippen molar-refractivity contribution in [3.05, 3.63) is 71.6 Å². The van der Waals surface area contributed by atoms with E-state index >= 15 is 0 Å². The molecule has 1 saturated carbocycles. The molecule has 2 aliphatic rings. The predicted molar refractivity (Wildman–Crippen MR) is 124 cm³/mol. The van der Waals surface area contributed by atoms with Gasteiger partial charge in [0.15, 0.2) is 0 Å². The third-order valence-electron chi connectivity index (χ3n) is 6.94. The Labute approximate surface area is 193 Å². The number of aromatic hydroxyl groups is 1. The van der Waals surface area contributed by atoms with Gasteiger partial charge in [0.2, 0.25) is 5.91 Å². The number of carbonyl (C=O) groups is 1. The van der Waals surface area contributed by atoms with Crippen molar-refractivity contribution >= 4 is 17.5 Å². The molecular formula is C26H27ClN2O3. The lowest BCUT2D eigenvalue weighted by molar-refractivity contribution is -0.116. The first-order chi connectivity index (χ1) is 15.4. The molecule has 1 aromatic carbocycles. The SMILES string of the molecule is O=C(/C=C/C[C@]12CC[C@@](O)(C#CCl)C[C@@H]1CCc1cc(O)ccc12)NCc1ccccn1. The number of allylic oxidation sites excluding steroid dienone is 1. The number of aromatic nitrogens is 1. The van der Waals surface area contributed by atoms with Crippen molar-refractivity contribution in [3.8, 4) is 17.0 Å². The first kappa shape index (κ1) is 22.4. The van der Waals surface area contributed by atoms with Gasteiger partial charge in [0, 0.05) is 17.0 Å². The molecule has 1 fully saturated rings. The zero-order valence-corrected chi connectivity index (χ0v) is 18.6. The van der Waals surface area contributed by atoms with Crippen LogP contribution in [-0.2, 0) is 23.2 Å². The lowest BCUT2D eigenvalue weighted by atomic mass is 9.53. The number of rotatable bonds is 5. The van der Waals surface area contributed by atoms with Gasteiger partial charge >= 0.3 is 0 Å². The van der Waals surface area contributed by atoms with Crippen LogP contribution in [0.15, 0.2) is 54.7 Å². The minimum absolute atomic E-state index is 0.161. The molecular weight excluding hydrogens is 424 g/mol. The van der Waals surface area contributed by atoms with E-state index in [0.29, 0.717) is 25.8 Å². The van der Waals surface area contributed by atoms with Gasteiger partial charge in [-0.25, -0.2) is 0 Å². The molecule has 3 N–H and O–H groups in total. The van der Waals surface area contributed by atoms with E-state index in [1.54, 1.807) is 18.3 Å². The summed E-state index contributed by atoms with van der Waals surface area (Å²) < 4.78 is 0. The van der Waals surface area contributed by atoms with Gasteiger partial charge in [0.25, 0.3) is 0 Å². The molecule has 6 heteroatoms. The fourth-order valence-corrected chi connectivity index (χ4v) is 5.55. The van der Waals surface area contributed by atoms with Crippen molar-refractivity contribution in [3.63, 3.8) is 0 Å². The number of aryl methyl sites for hydroxylation is 1. The Balaban J connectivity index is 1.53. The van der Waals surface area contributed by atoms with Gasteiger partial charge in [-0.2, -0.15) is 0 Å². The van der Waals surface area contributed by atoms with E-state index in [-0.39, 0.29) is 23.0 Å². The number of amides is 1. The minimum Gasteiger partial charge on any atom is -0.508 e. The largest absolute Gasteiger partial charge is 0.508 e. The lowest BCUT2D eigenvalue weighted by Gasteiger charge is -2.52. The molecule has 166 valence electrons. The van der Waals surface area contributed by atoms with Crippen LogP contribution in [0.1, 0.15) is 48.9 Å². The number of phenolic OH excluding ortho intramolecular Hbond substituents is 1. The van der Waals surface area contributed by atoms with Crippen LogP contribution in [0.5, 0.6) is 5.75 Å². The van der Waals surface area contributed by atoms with Gasteiger partial charge in [-0.1, -0.05) is 24.1 Å². The normalized spacial score (nSPS) is 26.5. The predicted octanol–water partition coefficient (Wildman–Crippen LogP) is 3.96. The van der Waals surface area contributed by atoms with Gasteiger partial charge in [-0.05, 0) is 97.5 Å². The monoisotopic (exact) mass is 450 g/mol. The summed E-state index contributed by atoms with van der Waals surface area (Å²) in [5, 5.41) is 26.1. The van der Waals surface area contributed by atoms with Crippen molar-refractivity contribution in [2.24, 2.45) is 5.92 Å². The Kier molecular flexibility index (Phi) is 6.55. The second-order valence-corrected chi connectivity index (χ2v) is 9.02. The van der Waals surface area contributed by atoms with Crippen LogP contribution < -0.4 is 5.32 Å². The molecule has 1 amide bonds. The van der Waals surface area contributed by atoms with Gasteiger partial charge in [0.1, 0.15) is 11.4 Å². The van der Waals surface area contributed by atoms with Crippen LogP contribution in [0, 0.1) is 17.2 Å². The molecule has 2 aliphatic carbocycles. The number of nitrogens with one attached hydrogen (secondary N) is 1. The van der Waals surface area contributed by atoms with E-state index in [0.717, 1.165) is 30.5 Å². The highest BCUT2D eigenvalue weighted by Crippen LogP contribution is 2.54. The van der Waals surface area contributed by atoms with E-state index in [1.807, 2.05) is 36.4 Å². The van der Waals surface area contributed by atoms with Crippen molar-refractivity contribution in [2.45, 2.75) is 56.1 Å². The van der Waals surface area contributed by atoms with E-state index in [9.17, 15) is 15.0 Å². The van der Waals surface area contributed by atoms with E-state index < -0.39 is 5.60 Å². The van der Waals surface area contributed by atoms with Gasteiger partial charge in [-0.3, -0.25) is 9.78 Å². The molecule has 1 aromatic heterocycles. The standard InChI is InChI=1S/C26H27ClN2O3/c27-14-13-25(32)11-12-26(10-3-5-24(31)29-18-21-4-1-2-15-28-21)20(17-25)7-6-19-16-22(30)8-9-23(19)26/h1-5,8-9,15-16,20,30,32H,6-7,10-12,17-18H2,(H,29,31)/b5-3+/t20-,25+,26-/m0/s1. The van der Waals surface area contributed by atoms with Gasteiger partial charge in [0.05, 0.1) is 12.2 Å². The average Bonchev–Trinajstić information content (AvgIpc) is 2.78. The second-order valence-electron chi connectivity index (χ2n) is 8.83. The number of phenols is 1. The maximum absolute atomic E-state index is 12.4. The number of carbonyl (C=O) groups excluding carboxylic acids is 1. The molecule has 0 spiro atoms. The molecule has 2 aromatic rings. The van der Waals surface area contributed by atoms with Gasteiger partial charge in [-0.15, -0.1) is 0 Å². The molecule has 4 rings (SSSR count). The fraction of sp³-hybridized carbons (Fsp3) is 0.385. The molecule has 3 atom stereocenters. The van der Waals surface area contributed by atoms with Crippen LogP contribution in [0.2, 0.25) is 0 Å². The van der Waals surface area contributed by atoms with Crippen LogP contribution >= 0.6 is 11.6 Å². The molecule has 0 radical (unpaired) electrons. The summed E-state index contributed by atoms with van der Waals surface area (Å²) >= 11 is 5.62. The summed E-state index contributed by atoms with van der Waals surface area (Å²) in [5.41, 5.74) is 1.86. The quantitative estimate of drug-likeness (QED) is 0.475. The number of aliphatic hydroxyl groups is 1. The number of pyridine rings is 1. The first-order valence-electron chi connectivity index (χ1n) is 11.0. The maximum atomic E-state index is 12.4. The van der Waals surface area contributed by atoms with Crippen molar-refractivity contribution in [2.75, 3.05) is 0 Å². The number of hydrogen-bond acceptors (Lipinski definition) is 4. The number of halogens is 1. The topological polar surface area (TPSA) is 82.5 Å². The van der Waals surface area contributed by atoms with Crippen LogP contribution in [-0.4, -0.2) is 26.7 Å². The Hall–Kier alpha value is -2.81. The Morgan fingerprint density at radius 1 is 1.31 bits per heavy atom. The van der Waals surface area contributed by atoms with Gasteiger partial charge < -0.3 is 15.5 Å². The number of hydrogen-bond donors (Lipinski definition) is 3. The Morgan fingerprint density at radius 3 is 2.97 bits per heavy atom. The minimum atomic E-state index is -1.08. The third-order valence-corrected chi connectivity index (χ3v) is 7.03. The molecule has 5 nitrogen and oxygen atoms in total. The third kappa shape index (κ3) is 4.67. The maximum Gasteiger partial charge on any atom is 0.243 e. The average molecular weight is 451 g/mol. The summed E-state index contributed by atoms with van der Waals surface area (Å²) in [6.45, 7) is 0.379. The van der Waals surface area contributed by atoms with Crippen LogP contribution in [0.3, 0.4) is 0 Å².